The summed E-state index contributed by atoms with van der Waals surface area (Å²) in [6, 6.07) is 9.61. The molecule has 4 heteroatoms. The molecule has 0 spiro atoms. The molecule has 0 amide bonds. The van der Waals surface area contributed by atoms with Crippen molar-refractivity contribution in [2.45, 2.75) is 0 Å². The number of rotatable bonds is 2. The van der Waals surface area contributed by atoms with Crippen LogP contribution >= 0.6 is 22.6 Å². The van der Waals surface area contributed by atoms with Crippen LogP contribution in [0.2, 0.25) is 0 Å². The minimum Gasteiger partial charge on any atom is -0.296 e. The van der Waals surface area contributed by atoms with Gasteiger partial charge in [0.2, 0.25) is 0 Å². The minimum atomic E-state index is 0.448. The molecule has 0 aliphatic heterocycles. The van der Waals surface area contributed by atoms with E-state index in [1.165, 1.54) is 3.57 Å². The van der Waals surface area contributed by atoms with E-state index in [-0.39, 0.29) is 0 Å². The van der Waals surface area contributed by atoms with Crippen molar-refractivity contribution >= 4 is 28.9 Å². The quantitative estimate of drug-likeness (QED) is 0.630. The van der Waals surface area contributed by atoms with Gasteiger partial charge in [0, 0.05) is 9.77 Å². The zero-order valence-electron chi connectivity index (χ0n) is 7.22. The van der Waals surface area contributed by atoms with Crippen LogP contribution < -0.4 is 0 Å². The molecule has 0 atom stereocenters. The van der Waals surface area contributed by atoms with Crippen molar-refractivity contribution in [2.75, 3.05) is 0 Å². The summed E-state index contributed by atoms with van der Waals surface area (Å²) in [7, 11) is 0. The summed E-state index contributed by atoms with van der Waals surface area (Å²) in [5.74, 6) is 0. The van der Waals surface area contributed by atoms with Gasteiger partial charge in [-0.1, -0.05) is 0 Å². The van der Waals surface area contributed by atoms with Crippen LogP contribution in [0.15, 0.2) is 36.5 Å². The van der Waals surface area contributed by atoms with E-state index < -0.39 is 0 Å². The molecule has 0 unspecified atom stereocenters. The fourth-order valence-electron chi connectivity index (χ4n) is 1.14. The first-order valence-electron chi connectivity index (χ1n) is 4.06. The molecule has 0 aliphatic carbocycles. The van der Waals surface area contributed by atoms with Crippen molar-refractivity contribution in [3.8, 4) is 5.69 Å². The van der Waals surface area contributed by atoms with Crippen LogP contribution in [0.1, 0.15) is 10.5 Å². The van der Waals surface area contributed by atoms with Gasteiger partial charge in [0.1, 0.15) is 5.69 Å². The lowest BCUT2D eigenvalue weighted by atomic mass is 10.3. The Kier molecular flexibility index (Phi) is 2.62. The van der Waals surface area contributed by atoms with Crippen molar-refractivity contribution in [3.63, 3.8) is 0 Å². The van der Waals surface area contributed by atoms with Crippen molar-refractivity contribution < 1.29 is 4.79 Å². The number of carbonyl (C=O) groups is 1. The molecule has 0 saturated carbocycles. The van der Waals surface area contributed by atoms with E-state index in [4.69, 9.17) is 0 Å². The molecule has 1 aromatic carbocycles. The van der Waals surface area contributed by atoms with E-state index in [1.807, 2.05) is 24.3 Å². The Morgan fingerprint density at radius 2 is 1.93 bits per heavy atom. The predicted octanol–water partition coefficient (Wildman–Crippen LogP) is 2.29. The summed E-state index contributed by atoms with van der Waals surface area (Å²) in [4.78, 5) is 10.4. The van der Waals surface area contributed by atoms with Crippen LogP contribution in [0.3, 0.4) is 0 Å². The Bertz CT molecular complexity index is 447. The molecular formula is C10H7IN2O. The Hall–Kier alpha value is -1.17. The molecule has 0 aliphatic rings. The van der Waals surface area contributed by atoms with Gasteiger partial charge in [-0.2, -0.15) is 5.10 Å². The molecule has 70 valence electrons. The SMILES string of the molecule is O=Cc1ccn(-c2ccc(I)cc2)n1. The van der Waals surface area contributed by atoms with Crippen molar-refractivity contribution in [3.05, 3.63) is 45.8 Å². The van der Waals surface area contributed by atoms with Crippen molar-refractivity contribution in [1.82, 2.24) is 9.78 Å². The van der Waals surface area contributed by atoms with E-state index in [2.05, 4.69) is 27.7 Å². The number of halogens is 1. The summed E-state index contributed by atoms with van der Waals surface area (Å²) in [6.07, 6.45) is 2.51. The van der Waals surface area contributed by atoms with E-state index in [1.54, 1.807) is 16.9 Å². The van der Waals surface area contributed by atoms with Crippen LogP contribution in [0, 0.1) is 3.57 Å². The highest BCUT2D eigenvalue weighted by Gasteiger charge is 1.99. The summed E-state index contributed by atoms with van der Waals surface area (Å²) in [5, 5.41) is 4.07. The van der Waals surface area contributed by atoms with Crippen LogP contribution in [0.5, 0.6) is 0 Å². The fourth-order valence-corrected chi connectivity index (χ4v) is 1.50. The van der Waals surface area contributed by atoms with Gasteiger partial charge in [0.25, 0.3) is 0 Å². The first-order chi connectivity index (χ1) is 6.79. The normalized spacial score (nSPS) is 10.1. The fraction of sp³-hybridized carbons (Fsp3) is 0. The highest BCUT2D eigenvalue weighted by Crippen LogP contribution is 2.10. The number of benzene rings is 1. The highest BCUT2D eigenvalue weighted by atomic mass is 127. The van der Waals surface area contributed by atoms with Gasteiger partial charge in [0.05, 0.1) is 5.69 Å². The van der Waals surface area contributed by atoms with Crippen LogP contribution in [0.25, 0.3) is 5.69 Å². The second-order valence-electron chi connectivity index (χ2n) is 2.78. The summed E-state index contributed by atoms with van der Waals surface area (Å²) in [5.41, 5.74) is 1.40. The molecule has 2 aromatic rings. The van der Waals surface area contributed by atoms with Crippen LogP contribution in [0.4, 0.5) is 0 Å². The third-order valence-electron chi connectivity index (χ3n) is 1.82. The number of hydrogen-bond acceptors (Lipinski definition) is 2. The first kappa shape index (κ1) is 9.39. The van der Waals surface area contributed by atoms with Crippen LogP contribution in [-0.4, -0.2) is 16.1 Å². The summed E-state index contributed by atoms with van der Waals surface area (Å²) in [6.45, 7) is 0. The van der Waals surface area contributed by atoms with E-state index in [0.29, 0.717) is 5.69 Å². The molecule has 1 aromatic heterocycles. The lowest BCUT2D eigenvalue weighted by molar-refractivity contribution is 0.111. The molecule has 14 heavy (non-hydrogen) atoms. The average molecular weight is 298 g/mol. The largest absolute Gasteiger partial charge is 0.296 e. The van der Waals surface area contributed by atoms with Crippen LogP contribution in [-0.2, 0) is 0 Å². The number of nitrogens with zero attached hydrogens (tertiary/aromatic N) is 2. The molecule has 2 rings (SSSR count). The Morgan fingerprint density at radius 1 is 1.21 bits per heavy atom. The standard InChI is InChI=1S/C10H7IN2O/c11-8-1-3-10(4-2-8)13-6-5-9(7-14)12-13/h1-7H. The van der Waals surface area contributed by atoms with Gasteiger partial charge in [-0.15, -0.1) is 0 Å². The molecule has 0 fully saturated rings. The third-order valence-corrected chi connectivity index (χ3v) is 2.54. The molecule has 0 bridgehead atoms. The summed E-state index contributed by atoms with van der Waals surface area (Å²) >= 11 is 2.24. The molecule has 0 radical (unpaired) electrons. The van der Waals surface area contributed by atoms with Gasteiger partial charge in [-0.25, -0.2) is 4.68 Å². The molecule has 3 nitrogen and oxygen atoms in total. The Balaban J connectivity index is 2.39. The monoisotopic (exact) mass is 298 g/mol. The second kappa shape index (κ2) is 3.91. The van der Waals surface area contributed by atoms with Gasteiger partial charge < -0.3 is 0 Å². The molecule has 1 heterocycles. The first-order valence-corrected chi connectivity index (χ1v) is 5.14. The van der Waals surface area contributed by atoms with Gasteiger partial charge in [0.15, 0.2) is 6.29 Å². The van der Waals surface area contributed by atoms with E-state index in [9.17, 15) is 4.79 Å². The van der Waals surface area contributed by atoms with Gasteiger partial charge in [-0.05, 0) is 52.9 Å². The number of aromatic nitrogens is 2. The number of aldehydes is 1. The maximum absolute atomic E-state index is 10.4. The Morgan fingerprint density at radius 3 is 2.50 bits per heavy atom. The predicted molar refractivity (Wildman–Crippen MR) is 61.7 cm³/mol. The minimum absolute atomic E-state index is 0.448. The lowest BCUT2D eigenvalue weighted by Gasteiger charge is -1.99. The van der Waals surface area contributed by atoms with Gasteiger partial charge >= 0.3 is 0 Å². The topological polar surface area (TPSA) is 34.9 Å². The number of hydrogen-bond donors (Lipinski definition) is 0. The maximum atomic E-state index is 10.4. The maximum Gasteiger partial charge on any atom is 0.170 e. The zero-order chi connectivity index (χ0) is 9.97. The number of carbonyl (C=O) groups excluding carboxylic acids is 1. The average Bonchev–Trinajstić information content (AvgIpc) is 2.67. The van der Waals surface area contributed by atoms with Crippen molar-refractivity contribution in [2.24, 2.45) is 0 Å². The smallest absolute Gasteiger partial charge is 0.170 e. The molecular weight excluding hydrogens is 291 g/mol. The van der Waals surface area contributed by atoms with E-state index in [0.717, 1.165) is 12.0 Å². The van der Waals surface area contributed by atoms with E-state index >= 15 is 0 Å². The molecule has 0 saturated heterocycles. The lowest BCUT2D eigenvalue weighted by Crippen LogP contribution is -1.95. The van der Waals surface area contributed by atoms with Crippen molar-refractivity contribution in [1.29, 1.82) is 0 Å². The third kappa shape index (κ3) is 1.84. The highest BCUT2D eigenvalue weighted by molar-refractivity contribution is 14.1. The zero-order valence-corrected chi connectivity index (χ0v) is 9.38. The second-order valence-corrected chi connectivity index (χ2v) is 4.03. The summed E-state index contributed by atoms with van der Waals surface area (Å²) < 4.78 is 2.86. The Labute approximate surface area is 94.9 Å². The van der Waals surface area contributed by atoms with Gasteiger partial charge in [-0.3, -0.25) is 4.79 Å². The molecule has 0 N–H and O–H groups in total.